The van der Waals surface area contributed by atoms with E-state index in [0.29, 0.717) is 5.88 Å². The highest BCUT2D eigenvalue weighted by Gasteiger charge is 2.06. The Morgan fingerprint density at radius 1 is 1.00 bits per heavy atom. The van der Waals surface area contributed by atoms with Crippen molar-refractivity contribution in [2.75, 3.05) is 20.8 Å². The number of amides is 1. The van der Waals surface area contributed by atoms with E-state index in [4.69, 9.17) is 9.47 Å². The predicted molar refractivity (Wildman–Crippen MR) is 116 cm³/mol. The summed E-state index contributed by atoms with van der Waals surface area (Å²) in [6.45, 7) is 14.9. The quantitative estimate of drug-likeness (QED) is 0.746. The molecule has 0 saturated carbocycles. The fraction of sp³-hybridized carbons (Fsp3) is 0.545. The number of carbonyl (C=O) groups excluding carboxylic acids is 1. The maximum absolute atomic E-state index is 10.1. The molecule has 1 aliphatic rings. The summed E-state index contributed by atoms with van der Waals surface area (Å²) >= 11 is 0. The van der Waals surface area contributed by atoms with Gasteiger partial charge in [-0.15, -0.1) is 0 Å². The van der Waals surface area contributed by atoms with Crippen molar-refractivity contribution in [3.05, 3.63) is 30.0 Å². The monoisotopic (exact) mass is 378 g/mol. The number of rotatable bonds is 2. The standard InChI is InChI=1S/C12H13NO2.C4H7NO.3C2H6/c1-8-6-9-4-5-13-12(15-3)10(9)7-11(8)14-2;6-4-2-1-3-5-4;3*1-2/h4-7H,1-3H3;1-3H2,(H,5,6);3*1-2H3. The van der Waals surface area contributed by atoms with Crippen LogP contribution in [0.5, 0.6) is 11.6 Å². The minimum atomic E-state index is 0.204. The Hall–Kier alpha value is -2.30. The molecule has 1 aromatic heterocycles. The van der Waals surface area contributed by atoms with E-state index in [1.165, 1.54) is 0 Å². The zero-order chi connectivity index (χ0) is 21.2. The van der Waals surface area contributed by atoms with Crippen LogP contribution in [0.1, 0.15) is 59.9 Å². The molecule has 5 nitrogen and oxygen atoms in total. The average Bonchev–Trinajstić information content (AvgIpc) is 3.22. The first kappa shape index (κ1) is 26.9. The molecule has 1 N–H and O–H groups in total. The SMILES string of the molecule is CC.CC.CC.COc1cc2c(OC)nccc2cc1C.O=C1CCCN1. The van der Waals surface area contributed by atoms with E-state index in [1.54, 1.807) is 20.4 Å². The number of carbonyl (C=O) groups is 1. The van der Waals surface area contributed by atoms with Gasteiger partial charge in [0.2, 0.25) is 11.8 Å². The fourth-order valence-electron chi connectivity index (χ4n) is 2.24. The maximum Gasteiger partial charge on any atom is 0.221 e. The zero-order valence-electron chi connectivity index (χ0n) is 18.6. The van der Waals surface area contributed by atoms with Gasteiger partial charge in [0, 0.05) is 24.5 Å². The number of pyridine rings is 1. The Bertz CT molecular complexity index is 635. The van der Waals surface area contributed by atoms with Gasteiger partial charge in [-0.25, -0.2) is 4.98 Å². The highest BCUT2D eigenvalue weighted by Crippen LogP contribution is 2.29. The van der Waals surface area contributed by atoms with E-state index < -0.39 is 0 Å². The van der Waals surface area contributed by atoms with Crippen molar-refractivity contribution in [2.24, 2.45) is 0 Å². The lowest BCUT2D eigenvalue weighted by atomic mass is 10.1. The van der Waals surface area contributed by atoms with Crippen LogP contribution in [0.15, 0.2) is 24.4 Å². The molecule has 1 amide bonds. The molecule has 1 aromatic carbocycles. The number of nitrogens with zero attached hydrogens (tertiary/aromatic N) is 1. The number of nitrogens with one attached hydrogen (secondary N) is 1. The Kier molecular flexibility index (Phi) is 17.1. The zero-order valence-corrected chi connectivity index (χ0v) is 18.6. The number of benzene rings is 1. The molecule has 3 rings (SSSR count). The van der Waals surface area contributed by atoms with E-state index in [1.807, 2.05) is 60.6 Å². The van der Waals surface area contributed by atoms with Crippen molar-refractivity contribution in [3.63, 3.8) is 0 Å². The molecular weight excluding hydrogens is 340 g/mol. The smallest absolute Gasteiger partial charge is 0.221 e. The third-order valence-corrected chi connectivity index (χ3v) is 3.34. The molecule has 1 aliphatic heterocycles. The van der Waals surface area contributed by atoms with Crippen LogP contribution >= 0.6 is 0 Å². The Labute approximate surface area is 165 Å². The third kappa shape index (κ3) is 9.27. The first-order valence-electron chi connectivity index (χ1n) is 9.89. The van der Waals surface area contributed by atoms with Gasteiger partial charge in [-0.05, 0) is 42.5 Å². The summed E-state index contributed by atoms with van der Waals surface area (Å²) in [6, 6.07) is 5.99. The molecule has 0 radical (unpaired) electrons. The van der Waals surface area contributed by atoms with Gasteiger partial charge in [0.05, 0.1) is 14.2 Å². The lowest BCUT2D eigenvalue weighted by molar-refractivity contribution is -0.119. The molecule has 0 atom stereocenters. The Morgan fingerprint density at radius 3 is 2.04 bits per heavy atom. The molecule has 1 fully saturated rings. The van der Waals surface area contributed by atoms with Gasteiger partial charge in [-0.2, -0.15) is 0 Å². The molecule has 0 spiro atoms. The van der Waals surface area contributed by atoms with E-state index in [2.05, 4.69) is 16.4 Å². The second kappa shape index (κ2) is 17.1. The highest BCUT2D eigenvalue weighted by atomic mass is 16.5. The molecule has 1 saturated heterocycles. The first-order chi connectivity index (χ1) is 13.2. The molecule has 0 unspecified atom stereocenters. The summed E-state index contributed by atoms with van der Waals surface area (Å²) in [5.41, 5.74) is 1.11. The Morgan fingerprint density at radius 2 is 1.63 bits per heavy atom. The fourth-order valence-corrected chi connectivity index (χ4v) is 2.24. The van der Waals surface area contributed by atoms with Gasteiger partial charge in [0.15, 0.2) is 0 Å². The Balaban J connectivity index is 0. The molecule has 5 heteroatoms. The van der Waals surface area contributed by atoms with Gasteiger partial charge in [-0.3, -0.25) is 4.79 Å². The summed E-state index contributed by atoms with van der Waals surface area (Å²) < 4.78 is 10.5. The largest absolute Gasteiger partial charge is 0.496 e. The molecule has 0 aliphatic carbocycles. The van der Waals surface area contributed by atoms with Crippen molar-refractivity contribution in [1.82, 2.24) is 10.3 Å². The second-order valence-corrected chi connectivity index (χ2v) is 4.82. The predicted octanol–water partition coefficient (Wildman–Crippen LogP) is 5.54. The van der Waals surface area contributed by atoms with Crippen LogP contribution in [0.4, 0.5) is 0 Å². The number of hydrogen-bond donors (Lipinski definition) is 1. The van der Waals surface area contributed by atoms with Crippen molar-refractivity contribution in [2.45, 2.75) is 61.3 Å². The van der Waals surface area contributed by atoms with E-state index in [0.717, 1.165) is 41.5 Å². The van der Waals surface area contributed by atoms with Crippen LogP contribution in [0, 0.1) is 6.92 Å². The van der Waals surface area contributed by atoms with Gasteiger partial charge < -0.3 is 14.8 Å². The minimum Gasteiger partial charge on any atom is -0.496 e. The molecule has 27 heavy (non-hydrogen) atoms. The molecule has 2 heterocycles. The molecule has 0 bridgehead atoms. The van der Waals surface area contributed by atoms with Gasteiger partial charge in [-0.1, -0.05) is 41.5 Å². The van der Waals surface area contributed by atoms with Crippen LogP contribution in [0.2, 0.25) is 0 Å². The molecule has 154 valence electrons. The first-order valence-corrected chi connectivity index (χ1v) is 9.89. The highest BCUT2D eigenvalue weighted by molar-refractivity contribution is 5.88. The van der Waals surface area contributed by atoms with E-state index in [9.17, 15) is 4.79 Å². The number of ether oxygens (including phenoxy) is 2. The summed E-state index contributed by atoms with van der Waals surface area (Å²) in [7, 11) is 3.28. The van der Waals surface area contributed by atoms with E-state index in [-0.39, 0.29) is 5.91 Å². The topological polar surface area (TPSA) is 60.5 Å². The summed E-state index contributed by atoms with van der Waals surface area (Å²) in [5, 5.41) is 4.77. The lowest BCUT2D eigenvalue weighted by Gasteiger charge is -2.08. The molecule has 2 aromatic rings. The number of methoxy groups -OCH3 is 2. The van der Waals surface area contributed by atoms with Gasteiger partial charge >= 0.3 is 0 Å². The van der Waals surface area contributed by atoms with Crippen LogP contribution in [-0.2, 0) is 4.79 Å². The van der Waals surface area contributed by atoms with E-state index >= 15 is 0 Å². The number of fused-ring (bicyclic) bond motifs is 1. The third-order valence-electron chi connectivity index (χ3n) is 3.34. The van der Waals surface area contributed by atoms with Crippen LogP contribution < -0.4 is 14.8 Å². The number of hydrogen-bond acceptors (Lipinski definition) is 4. The van der Waals surface area contributed by atoms with Crippen LogP contribution in [0.25, 0.3) is 10.8 Å². The normalized spacial score (nSPS) is 11.1. The summed E-state index contributed by atoms with van der Waals surface area (Å²) in [6.07, 6.45) is 3.51. The van der Waals surface area contributed by atoms with Crippen molar-refractivity contribution in [1.29, 1.82) is 0 Å². The van der Waals surface area contributed by atoms with Crippen molar-refractivity contribution < 1.29 is 14.3 Å². The summed E-state index contributed by atoms with van der Waals surface area (Å²) in [5.74, 6) is 1.69. The second-order valence-electron chi connectivity index (χ2n) is 4.82. The molecular formula is C22H38N2O3. The lowest BCUT2D eigenvalue weighted by Crippen LogP contribution is -2.12. The van der Waals surface area contributed by atoms with Crippen molar-refractivity contribution >= 4 is 16.7 Å². The van der Waals surface area contributed by atoms with Gasteiger partial charge in [0.25, 0.3) is 0 Å². The maximum atomic E-state index is 10.1. The minimum absolute atomic E-state index is 0.204. The van der Waals surface area contributed by atoms with Crippen molar-refractivity contribution in [3.8, 4) is 11.6 Å². The number of aryl methyl sites for hydroxylation is 1. The number of aromatic nitrogens is 1. The van der Waals surface area contributed by atoms with Gasteiger partial charge in [0.1, 0.15) is 5.75 Å². The van der Waals surface area contributed by atoms with Crippen LogP contribution in [0.3, 0.4) is 0 Å². The average molecular weight is 379 g/mol. The van der Waals surface area contributed by atoms with Crippen LogP contribution in [-0.4, -0.2) is 31.7 Å². The summed E-state index contributed by atoms with van der Waals surface area (Å²) in [4.78, 5) is 14.3.